The summed E-state index contributed by atoms with van der Waals surface area (Å²) in [6, 6.07) is -0.0281. The maximum atomic E-state index is 12.5. The van der Waals surface area contributed by atoms with Gasteiger partial charge in [0.25, 0.3) is 10.0 Å². The molecule has 0 amide bonds. The van der Waals surface area contributed by atoms with Crippen LogP contribution in [0.15, 0.2) is 10.4 Å². The number of hydrogen-bond acceptors (Lipinski definition) is 4. The van der Waals surface area contributed by atoms with Gasteiger partial charge < -0.3 is 0 Å². The van der Waals surface area contributed by atoms with E-state index in [1.807, 2.05) is 0 Å². The standard InChI is InChI=1S/C13H19ClN2O2S2/c1-12(2)8-4-5-13(3,6-8)10(12)16-20(17,18)9-7-15-11(14)19-9/h7-8,10,16H,4-6H2,1-3H3. The van der Waals surface area contributed by atoms with E-state index in [1.165, 1.54) is 12.6 Å². The molecule has 0 radical (unpaired) electrons. The number of fused-ring (bicyclic) bond motifs is 2. The Morgan fingerprint density at radius 1 is 1.45 bits per heavy atom. The fraction of sp³-hybridized carbons (Fsp3) is 0.769. The van der Waals surface area contributed by atoms with Crippen LogP contribution in [0.2, 0.25) is 4.47 Å². The lowest BCUT2D eigenvalue weighted by Crippen LogP contribution is -2.52. The summed E-state index contributed by atoms with van der Waals surface area (Å²) < 4.78 is 28.4. The van der Waals surface area contributed by atoms with Gasteiger partial charge in [-0.3, -0.25) is 0 Å². The molecule has 0 aliphatic heterocycles. The average molecular weight is 335 g/mol. The van der Waals surface area contributed by atoms with Crippen LogP contribution in [0.1, 0.15) is 40.0 Å². The van der Waals surface area contributed by atoms with Gasteiger partial charge in [0, 0.05) is 6.04 Å². The van der Waals surface area contributed by atoms with Gasteiger partial charge in [0.1, 0.15) is 0 Å². The minimum absolute atomic E-state index is 0.00540. The highest BCUT2D eigenvalue weighted by atomic mass is 35.5. The number of nitrogens with zero attached hydrogens (tertiary/aromatic N) is 1. The van der Waals surface area contributed by atoms with Gasteiger partial charge in [-0.2, -0.15) is 0 Å². The molecule has 7 heteroatoms. The lowest BCUT2D eigenvalue weighted by molar-refractivity contribution is 0.127. The van der Waals surface area contributed by atoms with E-state index in [-0.39, 0.29) is 25.5 Å². The van der Waals surface area contributed by atoms with Crippen LogP contribution in [0.3, 0.4) is 0 Å². The van der Waals surface area contributed by atoms with Crippen molar-refractivity contribution in [3.8, 4) is 0 Å². The van der Waals surface area contributed by atoms with Gasteiger partial charge in [-0.25, -0.2) is 18.1 Å². The molecule has 0 saturated heterocycles. The topological polar surface area (TPSA) is 59.1 Å². The highest BCUT2D eigenvalue weighted by Crippen LogP contribution is 2.62. The number of hydrogen-bond donors (Lipinski definition) is 1. The lowest BCUT2D eigenvalue weighted by Gasteiger charge is -2.42. The van der Waals surface area contributed by atoms with Crippen LogP contribution in [0.25, 0.3) is 0 Å². The molecule has 0 aromatic carbocycles. The molecule has 1 aromatic heterocycles. The Bertz CT molecular complexity index is 636. The van der Waals surface area contributed by atoms with Crippen molar-refractivity contribution in [2.75, 3.05) is 0 Å². The molecule has 4 nitrogen and oxygen atoms in total. The molecule has 1 aromatic rings. The van der Waals surface area contributed by atoms with E-state index in [2.05, 4.69) is 30.5 Å². The fourth-order valence-electron chi connectivity index (χ4n) is 4.17. The third kappa shape index (κ3) is 2.12. The van der Waals surface area contributed by atoms with Crippen molar-refractivity contribution in [3.63, 3.8) is 0 Å². The zero-order chi connectivity index (χ0) is 14.8. The van der Waals surface area contributed by atoms with Crippen LogP contribution < -0.4 is 4.72 Å². The van der Waals surface area contributed by atoms with Crippen molar-refractivity contribution in [2.45, 2.75) is 50.3 Å². The first-order chi connectivity index (χ1) is 9.15. The quantitative estimate of drug-likeness (QED) is 0.922. The first-order valence-corrected chi connectivity index (χ1v) is 9.47. The highest BCUT2D eigenvalue weighted by molar-refractivity contribution is 7.91. The summed E-state index contributed by atoms with van der Waals surface area (Å²) in [6.45, 7) is 6.55. The SMILES string of the molecule is CC12CCC(C1)C(C)(C)C2NS(=O)(=O)c1cnc(Cl)s1. The van der Waals surface area contributed by atoms with E-state index >= 15 is 0 Å². The molecule has 2 aliphatic carbocycles. The van der Waals surface area contributed by atoms with E-state index in [0.29, 0.717) is 5.92 Å². The zero-order valence-electron chi connectivity index (χ0n) is 11.8. The molecule has 1 heterocycles. The molecule has 2 aliphatic rings. The Kier molecular flexibility index (Phi) is 3.26. The number of nitrogens with one attached hydrogen (secondary N) is 1. The smallest absolute Gasteiger partial charge is 0.232 e. The predicted octanol–water partition coefficient (Wildman–Crippen LogP) is 3.29. The van der Waals surface area contributed by atoms with Gasteiger partial charge >= 0.3 is 0 Å². The first-order valence-electron chi connectivity index (χ1n) is 6.79. The van der Waals surface area contributed by atoms with Gasteiger partial charge in [-0.05, 0) is 36.0 Å². The molecule has 3 rings (SSSR count). The number of sulfonamides is 1. The number of aromatic nitrogens is 1. The van der Waals surface area contributed by atoms with Gasteiger partial charge in [0.05, 0.1) is 6.20 Å². The minimum Gasteiger partial charge on any atom is -0.232 e. The van der Waals surface area contributed by atoms with E-state index in [4.69, 9.17) is 11.6 Å². The van der Waals surface area contributed by atoms with Crippen molar-refractivity contribution in [2.24, 2.45) is 16.7 Å². The summed E-state index contributed by atoms with van der Waals surface area (Å²) in [7, 11) is -3.53. The molecule has 0 spiro atoms. The second-order valence-electron chi connectivity index (χ2n) is 6.90. The second-order valence-corrected chi connectivity index (χ2v) is 10.5. The van der Waals surface area contributed by atoms with Crippen molar-refractivity contribution in [3.05, 3.63) is 10.7 Å². The van der Waals surface area contributed by atoms with Crippen LogP contribution in [0.5, 0.6) is 0 Å². The summed E-state index contributed by atoms with van der Waals surface area (Å²) in [6.07, 6.45) is 4.74. The predicted molar refractivity (Wildman–Crippen MR) is 80.5 cm³/mol. The maximum absolute atomic E-state index is 12.5. The molecular weight excluding hydrogens is 316 g/mol. The van der Waals surface area contributed by atoms with Crippen molar-refractivity contribution >= 4 is 33.0 Å². The summed E-state index contributed by atoms with van der Waals surface area (Å²) in [5.74, 6) is 0.602. The molecule has 2 fully saturated rings. The largest absolute Gasteiger partial charge is 0.252 e. The van der Waals surface area contributed by atoms with Crippen molar-refractivity contribution < 1.29 is 8.42 Å². The average Bonchev–Trinajstić information content (AvgIpc) is 2.96. The van der Waals surface area contributed by atoms with E-state index in [0.717, 1.165) is 24.2 Å². The monoisotopic (exact) mass is 334 g/mol. The Labute approximate surface area is 129 Å². The third-order valence-corrected chi connectivity index (χ3v) is 8.26. The minimum atomic E-state index is -3.53. The van der Waals surface area contributed by atoms with Gasteiger partial charge in [-0.15, -0.1) is 0 Å². The Hall–Kier alpha value is -0.170. The fourth-order valence-corrected chi connectivity index (χ4v) is 7.01. The normalized spacial score (nSPS) is 35.6. The number of thiazole rings is 1. The Morgan fingerprint density at radius 2 is 2.15 bits per heavy atom. The number of rotatable bonds is 3. The zero-order valence-corrected chi connectivity index (χ0v) is 14.2. The first kappa shape index (κ1) is 14.8. The molecule has 2 saturated carbocycles. The summed E-state index contributed by atoms with van der Waals surface area (Å²) in [5.41, 5.74) is 0.0598. The third-order valence-electron chi connectivity index (χ3n) is 5.26. The molecule has 112 valence electrons. The van der Waals surface area contributed by atoms with Crippen molar-refractivity contribution in [1.82, 2.24) is 9.71 Å². The van der Waals surface area contributed by atoms with E-state index in [9.17, 15) is 8.42 Å². The maximum Gasteiger partial charge on any atom is 0.252 e. The van der Waals surface area contributed by atoms with Crippen LogP contribution >= 0.6 is 22.9 Å². The lowest BCUT2D eigenvalue weighted by atomic mass is 9.69. The molecule has 3 atom stereocenters. The van der Waals surface area contributed by atoms with Gasteiger partial charge in [0.15, 0.2) is 8.68 Å². The Balaban J connectivity index is 1.91. The van der Waals surface area contributed by atoms with Crippen molar-refractivity contribution in [1.29, 1.82) is 0 Å². The summed E-state index contributed by atoms with van der Waals surface area (Å²) in [5, 5.41) is 0. The van der Waals surface area contributed by atoms with Crippen LogP contribution in [0.4, 0.5) is 0 Å². The molecule has 20 heavy (non-hydrogen) atoms. The van der Waals surface area contributed by atoms with Crippen LogP contribution in [0, 0.1) is 16.7 Å². The molecule has 1 N–H and O–H groups in total. The second kappa shape index (κ2) is 4.41. The Morgan fingerprint density at radius 3 is 2.65 bits per heavy atom. The van der Waals surface area contributed by atoms with Gasteiger partial charge in [-0.1, -0.05) is 43.7 Å². The van der Waals surface area contributed by atoms with Crippen LogP contribution in [-0.2, 0) is 10.0 Å². The van der Waals surface area contributed by atoms with E-state index in [1.54, 1.807) is 0 Å². The summed E-state index contributed by atoms with van der Waals surface area (Å²) in [4.78, 5) is 3.82. The molecular formula is C13H19ClN2O2S2. The number of halogens is 1. The van der Waals surface area contributed by atoms with E-state index < -0.39 is 10.0 Å². The highest BCUT2D eigenvalue weighted by Gasteiger charge is 2.60. The summed E-state index contributed by atoms with van der Waals surface area (Å²) >= 11 is 6.75. The molecule has 2 bridgehead atoms. The van der Waals surface area contributed by atoms with Crippen LogP contribution in [-0.4, -0.2) is 19.4 Å². The molecule has 3 unspecified atom stereocenters. The van der Waals surface area contributed by atoms with Gasteiger partial charge in [0.2, 0.25) is 0 Å².